The molecule has 80 valence electrons. The van der Waals surface area contributed by atoms with Gasteiger partial charge in [-0.2, -0.15) is 0 Å². The van der Waals surface area contributed by atoms with Crippen LogP contribution in [-0.4, -0.2) is 12.6 Å². The lowest BCUT2D eigenvalue weighted by molar-refractivity contribution is -0.138. The first-order valence-electron chi connectivity index (χ1n) is 4.79. The van der Waals surface area contributed by atoms with Gasteiger partial charge < -0.3 is 4.74 Å². The lowest BCUT2D eigenvalue weighted by atomic mass is 10.4. The molecule has 1 aromatic rings. The third-order valence-electron chi connectivity index (χ3n) is 1.71. The van der Waals surface area contributed by atoms with Crippen molar-refractivity contribution in [3.8, 4) is 0 Å². The molecule has 0 bridgehead atoms. The minimum absolute atomic E-state index is 0.249. The zero-order valence-corrected chi connectivity index (χ0v) is 9.71. The molecule has 1 rings (SSSR count). The van der Waals surface area contributed by atoms with Crippen LogP contribution in [0.3, 0.4) is 0 Å². The van der Waals surface area contributed by atoms with E-state index in [1.54, 1.807) is 13.8 Å². The Morgan fingerprint density at radius 3 is 2.67 bits per heavy atom. The van der Waals surface area contributed by atoms with Crippen LogP contribution in [0, 0.1) is 0 Å². The van der Waals surface area contributed by atoms with Crippen LogP contribution >= 0.6 is 11.8 Å². The lowest BCUT2D eigenvalue weighted by Crippen LogP contribution is -2.04. The minimum Gasteiger partial charge on any atom is -0.463 e. The molecule has 0 unspecified atom stereocenters. The zero-order chi connectivity index (χ0) is 11.1. The number of ether oxygens (including phenoxy) is 1. The first-order chi connectivity index (χ1) is 7.24. The number of hydrogen-bond acceptors (Lipinski definition) is 3. The highest BCUT2D eigenvalue weighted by Gasteiger charge is 2.03. The summed E-state index contributed by atoms with van der Waals surface area (Å²) in [4.78, 5) is 12.4. The number of benzene rings is 1. The summed E-state index contributed by atoms with van der Waals surface area (Å²) >= 11 is 1.52. The standard InChI is InChI=1S/C12H14O2S/c1-3-14-12(13)10(2)9-15-11-7-5-4-6-8-11/h4-9H,3H2,1-2H3/b10-9+. The number of carbonyl (C=O) groups excluding carboxylic acids is 1. The van der Waals surface area contributed by atoms with Crippen molar-refractivity contribution in [1.29, 1.82) is 0 Å². The number of carbonyl (C=O) groups is 1. The highest BCUT2D eigenvalue weighted by atomic mass is 32.2. The van der Waals surface area contributed by atoms with Crippen molar-refractivity contribution >= 4 is 17.7 Å². The van der Waals surface area contributed by atoms with Crippen molar-refractivity contribution in [3.63, 3.8) is 0 Å². The van der Waals surface area contributed by atoms with Crippen LogP contribution in [-0.2, 0) is 9.53 Å². The first kappa shape index (κ1) is 11.9. The van der Waals surface area contributed by atoms with Crippen LogP contribution in [0.5, 0.6) is 0 Å². The number of esters is 1. The molecule has 0 aliphatic carbocycles. The molecule has 2 nitrogen and oxygen atoms in total. The molecular weight excluding hydrogens is 208 g/mol. The molecule has 0 aliphatic rings. The molecule has 0 N–H and O–H groups in total. The van der Waals surface area contributed by atoms with Crippen LogP contribution in [0.4, 0.5) is 0 Å². The van der Waals surface area contributed by atoms with E-state index < -0.39 is 0 Å². The van der Waals surface area contributed by atoms with E-state index in [1.165, 1.54) is 11.8 Å². The quantitative estimate of drug-likeness (QED) is 0.444. The summed E-state index contributed by atoms with van der Waals surface area (Å²) in [5.41, 5.74) is 0.630. The Kier molecular flexibility index (Phi) is 4.98. The van der Waals surface area contributed by atoms with Crippen molar-refractivity contribution in [3.05, 3.63) is 41.3 Å². The van der Waals surface area contributed by atoms with Gasteiger partial charge in [-0.3, -0.25) is 0 Å². The third-order valence-corrected chi connectivity index (χ3v) is 2.73. The fraction of sp³-hybridized carbons (Fsp3) is 0.250. The minimum atomic E-state index is -0.249. The zero-order valence-electron chi connectivity index (χ0n) is 8.90. The largest absolute Gasteiger partial charge is 0.463 e. The molecule has 0 radical (unpaired) electrons. The van der Waals surface area contributed by atoms with Gasteiger partial charge in [0.1, 0.15) is 0 Å². The molecular formula is C12H14O2S. The Morgan fingerprint density at radius 1 is 1.40 bits per heavy atom. The molecule has 1 aromatic carbocycles. The topological polar surface area (TPSA) is 26.3 Å². The maximum Gasteiger partial charge on any atom is 0.334 e. The molecule has 0 aliphatic heterocycles. The average molecular weight is 222 g/mol. The summed E-state index contributed by atoms with van der Waals surface area (Å²) < 4.78 is 4.87. The molecule has 0 saturated carbocycles. The van der Waals surface area contributed by atoms with E-state index in [1.807, 2.05) is 35.7 Å². The molecule has 0 spiro atoms. The van der Waals surface area contributed by atoms with Gasteiger partial charge in [0.2, 0.25) is 0 Å². The van der Waals surface area contributed by atoms with Gasteiger partial charge in [0, 0.05) is 10.5 Å². The Bertz CT molecular complexity index is 344. The van der Waals surface area contributed by atoms with Crippen molar-refractivity contribution in [2.24, 2.45) is 0 Å². The highest BCUT2D eigenvalue weighted by Crippen LogP contribution is 2.20. The number of hydrogen-bond donors (Lipinski definition) is 0. The van der Waals surface area contributed by atoms with E-state index in [4.69, 9.17) is 4.74 Å². The maximum absolute atomic E-state index is 11.3. The van der Waals surface area contributed by atoms with Crippen molar-refractivity contribution in [2.75, 3.05) is 6.61 Å². The predicted molar refractivity (Wildman–Crippen MR) is 62.7 cm³/mol. The second kappa shape index (κ2) is 6.30. The Balaban J connectivity index is 2.54. The summed E-state index contributed by atoms with van der Waals surface area (Å²) in [7, 11) is 0. The summed E-state index contributed by atoms with van der Waals surface area (Å²) in [6.07, 6.45) is 0. The van der Waals surface area contributed by atoms with Gasteiger partial charge in [-0.25, -0.2) is 4.79 Å². The highest BCUT2D eigenvalue weighted by molar-refractivity contribution is 8.02. The van der Waals surface area contributed by atoms with Gasteiger partial charge in [0.15, 0.2) is 0 Å². The molecule has 0 amide bonds. The van der Waals surface area contributed by atoms with Crippen molar-refractivity contribution in [1.82, 2.24) is 0 Å². The molecule has 15 heavy (non-hydrogen) atoms. The SMILES string of the molecule is CCOC(=O)/C(C)=C/Sc1ccccc1. The van der Waals surface area contributed by atoms with E-state index in [0.717, 1.165) is 4.90 Å². The Morgan fingerprint density at radius 2 is 2.07 bits per heavy atom. The summed E-state index contributed by atoms with van der Waals surface area (Å²) in [5.74, 6) is -0.249. The first-order valence-corrected chi connectivity index (χ1v) is 5.67. The van der Waals surface area contributed by atoms with E-state index in [9.17, 15) is 4.79 Å². The number of thioether (sulfide) groups is 1. The molecule has 0 atom stereocenters. The van der Waals surface area contributed by atoms with Crippen LogP contribution in [0.1, 0.15) is 13.8 Å². The van der Waals surface area contributed by atoms with Crippen LogP contribution in [0.2, 0.25) is 0 Å². The second-order valence-electron chi connectivity index (χ2n) is 2.95. The van der Waals surface area contributed by atoms with Crippen LogP contribution in [0.15, 0.2) is 46.2 Å². The van der Waals surface area contributed by atoms with Crippen molar-refractivity contribution in [2.45, 2.75) is 18.7 Å². The van der Waals surface area contributed by atoms with E-state index in [0.29, 0.717) is 12.2 Å². The Hall–Kier alpha value is -1.22. The van der Waals surface area contributed by atoms with Gasteiger partial charge in [-0.15, -0.1) is 0 Å². The third kappa shape index (κ3) is 4.21. The van der Waals surface area contributed by atoms with Crippen molar-refractivity contribution < 1.29 is 9.53 Å². The second-order valence-corrected chi connectivity index (χ2v) is 3.90. The lowest BCUT2D eigenvalue weighted by Gasteiger charge is -2.01. The molecule has 3 heteroatoms. The molecule has 0 aromatic heterocycles. The summed E-state index contributed by atoms with van der Waals surface area (Å²) in [6, 6.07) is 9.90. The normalized spacial score (nSPS) is 11.2. The smallest absolute Gasteiger partial charge is 0.334 e. The fourth-order valence-electron chi connectivity index (χ4n) is 0.949. The van der Waals surface area contributed by atoms with E-state index in [-0.39, 0.29) is 5.97 Å². The van der Waals surface area contributed by atoms with E-state index >= 15 is 0 Å². The predicted octanol–water partition coefficient (Wildman–Crippen LogP) is 3.25. The molecule has 0 heterocycles. The molecule has 0 saturated heterocycles. The average Bonchev–Trinajstić information content (AvgIpc) is 2.27. The summed E-state index contributed by atoms with van der Waals surface area (Å²) in [6.45, 7) is 3.98. The fourth-order valence-corrected chi connectivity index (χ4v) is 1.67. The summed E-state index contributed by atoms with van der Waals surface area (Å²) in [5, 5.41) is 1.81. The van der Waals surface area contributed by atoms with Crippen LogP contribution in [0.25, 0.3) is 0 Å². The van der Waals surface area contributed by atoms with Gasteiger partial charge in [0.05, 0.1) is 6.61 Å². The Labute approximate surface area is 94.3 Å². The van der Waals surface area contributed by atoms with E-state index in [2.05, 4.69) is 0 Å². The van der Waals surface area contributed by atoms with Gasteiger partial charge in [-0.1, -0.05) is 30.0 Å². The number of rotatable bonds is 4. The van der Waals surface area contributed by atoms with Gasteiger partial charge in [0.25, 0.3) is 0 Å². The van der Waals surface area contributed by atoms with Gasteiger partial charge in [-0.05, 0) is 31.4 Å². The van der Waals surface area contributed by atoms with Gasteiger partial charge >= 0.3 is 5.97 Å². The maximum atomic E-state index is 11.3. The van der Waals surface area contributed by atoms with Crippen LogP contribution < -0.4 is 0 Å². The monoisotopic (exact) mass is 222 g/mol. The molecule has 0 fully saturated rings.